The molecule has 0 saturated carbocycles. The van der Waals surface area contributed by atoms with E-state index in [2.05, 4.69) is 0 Å². The van der Waals surface area contributed by atoms with Gasteiger partial charge in [-0.05, 0) is 37.5 Å². The standard InChI is InChI=1S/C14H20N2O2/c1-10(11-3-2-4-12(15)9-11)14(18)16-7-5-13(17)6-8-16/h2-4,9-10,13,17H,5-8,15H2,1H3. The summed E-state index contributed by atoms with van der Waals surface area (Å²) in [5, 5.41) is 9.45. The molecule has 1 aromatic carbocycles. The van der Waals surface area contributed by atoms with E-state index in [1.807, 2.05) is 36.1 Å². The van der Waals surface area contributed by atoms with E-state index < -0.39 is 0 Å². The van der Waals surface area contributed by atoms with Crippen LogP contribution in [0.5, 0.6) is 0 Å². The number of nitrogens with zero attached hydrogens (tertiary/aromatic N) is 1. The molecule has 1 unspecified atom stereocenters. The number of likely N-dealkylation sites (tertiary alicyclic amines) is 1. The third-order valence-electron chi connectivity index (χ3n) is 3.56. The fraction of sp³-hybridized carbons (Fsp3) is 0.500. The van der Waals surface area contributed by atoms with Crippen molar-refractivity contribution in [3.63, 3.8) is 0 Å². The van der Waals surface area contributed by atoms with Crippen molar-refractivity contribution >= 4 is 11.6 Å². The fourth-order valence-electron chi connectivity index (χ4n) is 2.33. The zero-order chi connectivity index (χ0) is 13.1. The van der Waals surface area contributed by atoms with E-state index in [1.54, 1.807) is 0 Å². The minimum Gasteiger partial charge on any atom is -0.399 e. The van der Waals surface area contributed by atoms with Gasteiger partial charge < -0.3 is 15.7 Å². The van der Waals surface area contributed by atoms with Crippen LogP contribution in [0.3, 0.4) is 0 Å². The van der Waals surface area contributed by atoms with E-state index in [4.69, 9.17) is 5.73 Å². The largest absolute Gasteiger partial charge is 0.399 e. The second-order valence-corrected chi connectivity index (χ2v) is 4.95. The Morgan fingerprint density at radius 3 is 2.72 bits per heavy atom. The monoisotopic (exact) mass is 248 g/mol. The Hall–Kier alpha value is -1.55. The highest BCUT2D eigenvalue weighted by atomic mass is 16.3. The molecule has 2 rings (SSSR count). The van der Waals surface area contributed by atoms with Crippen molar-refractivity contribution in [3.8, 4) is 0 Å². The lowest BCUT2D eigenvalue weighted by Crippen LogP contribution is -2.41. The minimum absolute atomic E-state index is 0.118. The van der Waals surface area contributed by atoms with Crippen molar-refractivity contribution in [1.29, 1.82) is 0 Å². The highest BCUT2D eigenvalue weighted by molar-refractivity contribution is 5.83. The molecule has 1 atom stereocenters. The van der Waals surface area contributed by atoms with Gasteiger partial charge in [0, 0.05) is 18.8 Å². The molecule has 1 aliphatic rings. The first-order valence-corrected chi connectivity index (χ1v) is 6.40. The van der Waals surface area contributed by atoms with Crippen LogP contribution < -0.4 is 5.73 Å². The molecule has 3 N–H and O–H groups in total. The molecule has 0 bridgehead atoms. The number of anilines is 1. The Morgan fingerprint density at radius 2 is 2.11 bits per heavy atom. The lowest BCUT2D eigenvalue weighted by Gasteiger charge is -2.31. The number of aliphatic hydroxyl groups is 1. The van der Waals surface area contributed by atoms with Crippen LogP contribution in [0, 0.1) is 0 Å². The number of hydrogen-bond donors (Lipinski definition) is 2. The fourth-order valence-corrected chi connectivity index (χ4v) is 2.33. The summed E-state index contributed by atoms with van der Waals surface area (Å²) in [6, 6.07) is 7.46. The minimum atomic E-state index is -0.253. The number of nitrogens with two attached hydrogens (primary N) is 1. The molecule has 98 valence electrons. The first-order chi connectivity index (χ1) is 8.58. The van der Waals surface area contributed by atoms with Crippen molar-refractivity contribution in [2.75, 3.05) is 18.8 Å². The lowest BCUT2D eigenvalue weighted by molar-refractivity contribution is -0.134. The molecule has 0 radical (unpaired) electrons. The smallest absolute Gasteiger partial charge is 0.229 e. The first-order valence-electron chi connectivity index (χ1n) is 6.40. The normalized spacial score (nSPS) is 18.7. The highest BCUT2D eigenvalue weighted by Gasteiger charge is 2.25. The van der Waals surface area contributed by atoms with Gasteiger partial charge in [-0.3, -0.25) is 4.79 Å². The maximum absolute atomic E-state index is 12.3. The molecule has 18 heavy (non-hydrogen) atoms. The number of hydrogen-bond acceptors (Lipinski definition) is 3. The summed E-state index contributed by atoms with van der Waals surface area (Å²) < 4.78 is 0. The average Bonchev–Trinajstić information content (AvgIpc) is 2.38. The van der Waals surface area contributed by atoms with Crippen LogP contribution in [0.1, 0.15) is 31.2 Å². The molecule has 1 fully saturated rings. The molecule has 1 heterocycles. The van der Waals surface area contributed by atoms with Gasteiger partial charge in [0.2, 0.25) is 5.91 Å². The molecular formula is C14H20N2O2. The first kappa shape index (κ1) is 12.9. The van der Waals surface area contributed by atoms with Crippen LogP contribution in [-0.2, 0) is 4.79 Å². The number of amides is 1. The van der Waals surface area contributed by atoms with Crippen LogP contribution in [0.2, 0.25) is 0 Å². The van der Waals surface area contributed by atoms with Crippen LogP contribution in [0.15, 0.2) is 24.3 Å². The van der Waals surface area contributed by atoms with E-state index in [0.29, 0.717) is 31.6 Å². The number of aliphatic hydroxyl groups excluding tert-OH is 1. The summed E-state index contributed by atoms with van der Waals surface area (Å²) in [4.78, 5) is 14.2. The molecule has 0 spiro atoms. The van der Waals surface area contributed by atoms with E-state index >= 15 is 0 Å². The predicted molar refractivity (Wildman–Crippen MR) is 71.1 cm³/mol. The summed E-state index contributed by atoms with van der Waals surface area (Å²) in [5.41, 5.74) is 7.37. The van der Waals surface area contributed by atoms with Crippen molar-refractivity contribution in [2.24, 2.45) is 0 Å². The molecule has 0 aliphatic carbocycles. The number of rotatable bonds is 2. The van der Waals surface area contributed by atoms with E-state index in [9.17, 15) is 9.90 Å². The van der Waals surface area contributed by atoms with Gasteiger partial charge in [0.25, 0.3) is 0 Å². The zero-order valence-corrected chi connectivity index (χ0v) is 10.7. The zero-order valence-electron chi connectivity index (χ0n) is 10.7. The Balaban J connectivity index is 2.04. The van der Waals surface area contributed by atoms with Gasteiger partial charge in [-0.25, -0.2) is 0 Å². The molecule has 4 nitrogen and oxygen atoms in total. The lowest BCUT2D eigenvalue weighted by atomic mass is 9.97. The van der Waals surface area contributed by atoms with Gasteiger partial charge in [-0.15, -0.1) is 0 Å². The third-order valence-corrected chi connectivity index (χ3v) is 3.56. The summed E-state index contributed by atoms with van der Waals surface area (Å²) >= 11 is 0. The van der Waals surface area contributed by atoms with Crippen molar-refractivity contribution in [2.45, 2.75) is 31.8 Å². The highest BCUT2D eigenvalue weighted by Crippen LogP contribution is 2.22. The predicted octanol–water partition coefficient (Wildman–Crippen LogP) is 1.36. The molecule has 4 heteroatoms. The van der Waals surface area contributed by atoms with Gasteiger partial charge in [-0.1, -0.05) is 12.1 Å². The van der Waals surface area contributed by atoms with Crippen LogP contribution in [0.4, 0.5) is 5.69 Å². The second-order valence-electron chi connectivity index (χ2n) is 4.95. The molecule has 1 amide bonds. The number of carbonyl (C=O) groups excluding carboxylic acids is 1. The third kappa shape index (κ3) is 2.82. The van der Waals surface area contributed by atoms with Gasteiger partial charge in [-0.2, -0.15) is 0 Å². The summed E-state index contributed by atoms with van der Waals surface area (Å²) in [5.74, 6) is -0.0590. The van der Waals surface area contributed by atoms with Crippen LogP contribution in [0.25, 0.3) is 0 Å². The van der Waals surface area contributed by atoms with Crippen molar-refractivity contribution in [3.05, 3.63) is 29.8 Å². The summed E-state index contributed by atoms with van der Waals surface area (Å²) in [6.07, 6.45) is 1.10. The number of nitrogen functional groups attached to an aromatic ring is 1. The maximum Gasteiger partial charge on any atom is 0.229 e. The number of benzene rings is 1. The SMILES string of the molecule is CC(C(=O)N1CCC(O)CC1)c1cccc(N)c1. The van der Waals surface area contributed by atoms with Crippen LogP contribution >= 0.6 is 0 Å². The molecular weight excluding hydrogens is 228 g/mol. The van der Waals surface area contributed by atoms with Gasteiger partial charge >= 0.3 is 0 Å². The Labute approximate surface area is 107 Å². The Morgan fingerprint density at radius 1 is 1.44 bits per heavy atom. The molecule has 1 aliphatic heterocycles. The molecule has 0 aromatic heterocycles. The Kier molecular flexibility index (Phi) is 3.87. The topological polar surface area (TPSA) is 66.6 Å². The van der Waals surface area contributed by atoms with E-state index in [-0.39, 0.29) is 17.9 Å². The second kappa shape index (κ2) is 5.40. The van der Waals surface area contributed by atoms with Crippen molar-refractivity contribution < 1.29 is 9.90 Å². The van der Waals surface area contributed by atoms with E-state index in [1.165, 1.54) is 0 Å². The van der Waals surface area contributed by atoms with Gasteiger partial charge in [0.05, 0.1) is 12.0 Å². The quantitative estimate of drug-likeness (QED) is 0.776. The summed E-state index contributed by atoms with van der Waals surface area (Å²) in [7, 11) is 0. The number of carbonyl (C=O) groups is 1. The van der Waals surface area contributed by atoms with Crippen molar-refractivity contribution in [1.82, 2.24) is 4.90 Å². The summed E-state index contributed by atoms with van der Waals surface area (Å²) in [6.45, 7) is 3.20. The number of piperidine rings is 1. The molecule has 1 saturated heterocycles. The maximum atomic E-state index is 12.3. The molecule has 1 aromatic rings. The van der Waals surface area contributed by atoms with Gasteiger partial charge in [0.15, 0.2) is 0 Å². The van der Waals surface area contributed by atoms with Crippen LogP contribution in [-0.4, -0.2) is 35.1 Å². The average molecular weight is 248 g/mol. The van der Waals surface area contributed by atoms with E-state index in [0.717, 1.165) is 5.56 Å². The Bertz CT molecular complexity index is 426. The van der Waals surface area contributed by atoms with Gasteiger partial charge in [0.1, 0.15) is 0 Å².